The van der Waals surface area contributed by atoms with E-state index in [0.29, 0.717) is 0 Å². The van der Waals surface area contributed by atoms with Gasteiger partial charge < -0.3 is 4.90 Å². The van der Waals surface area contributed by atoms with E-state index in [1.54, 1.807) is 16.2 Å². The van der Waals surface area contributed by atoms with Gasteiger partial charge >= 0.3 is 0 Å². The van der Waals surface area contributed by atoms with Crippen LogP contribution in [-0.2, 0) is 11.3 Å². The molecule has 0 unspecified atom stereocenters. The van der Waals surface area contributed by atoms with Gasteiger partial charge in [-0.15, -0.1) is 11.3 Å². The van der Waals surface area contributed by atoms with Crippen LogP contribution in [0.2, 0.25) is 4.34 Å². The summed E-state index contributed by atoms with van der Waals surface area (Å²) in [6, 6.07) is 4.04. The minimum Gasteiger partial charge on any atom is -0.349 e. The zero-order valence-corrected chi connectivity index (χ0v) is 12.4. The lowest BCUT2D eigenvalue weighted by Crippen LogP contribution is -2.39. The third-order valence-corrected chi connectivity index (χ3v) is 4.60. The predicted molar refractivity (Wildman–Crippen MR) is 76.0 cm³/mol. The first-order valence-electron chi connectivity index (χ1n) is 6.24. The Balaban J connectivity index is 1.82. The van der Waals surface area contributed by atoms with E-state index in [1.165, 1.54) is 4.88 Å². The highest BCUT2D eigenvalue weighted by Gasteiger charge is 2.25. The van der Waals surface area contributed by atoms with Gasteiger partial charge in [0.15, 0.2) is 0 Å². The summed E-state index contributed by atoms with van der Waals surface area (Å²) in [5, 5.41) is 0. The number of carbonyl (C=O) groups is 1. The highest BCUT2D eigenvalue weighted by molar-refractivity contribution is 7.16. The fraction of sp³-hybridized carbons (Fsp3) is 0.615. The molecule has 0 saturated carbocycles. The molecule has 2 rings (SSSR count). The monoisotopic (exact) mass is 286 g/mol. The van der Waals surface area contributed by atoms with Crippen LogP contribution < -0.4 is 0 Å². The Kier molecular flexibility index (Phi) is 4.65. The molecule has 2 heterocycles. The second-order valence-electron chi connectivity index (χ2n) is 4.99. The lowest BCUT2D eigenvalue weighted by atomic mass is 9.95. The predicted octanol–water partition coefficient (Wildman–Crippen LogP) is 2.70. The number of rotatable bonds is 3. The first-order valence-corrected chi connectivity index (χ1v) is 7.43. The van der Waals surface area contributed by atoms with Crippen molar-refractivity contribution >= 4 is 28.8 Å². The lowest BCUT2D eigenvalue weighted by molar-refractivity contribution is -0.134. The molecular formula is C13H19ClN2OS. The van der Waals surface area contributed by atoms with Crippen LogP contribution in [0.15, 0.2) is 12.1 Å². The second-order valence-corrected chi connectivity index (χ2v) is 6.79. The van der Waals surface area contributed by atoms with Gasteiger partial charge in [0.2, 0.25) is 5.91 Å². The van der Waals surface area contributed by atoms with Crippen molar-refractivity contribution in [3.05, 3.63) is 21.3 Å². The first kappa shape index (κ1) is 13.8. The number of hydrogen-bond donors (Lipinski definition) is 0. The van der Waals surface area contributed by atoms with Gasteiger partial charge in [0.05, 0.1) is 4.34 Å². The van der Waals surface area contributed by atoms with Crippen molar-refractivity contribution in [3.8, 4) is 0 Å². The van der Waals surface area contributed by atoms with Crippen molar-refractivity contribution in [1.29, 1.82) is 0 Å². The topological polar surface area (TPSA) is 23.6 Å². The highest BCUT2D eigenvalue weighted by atomic mass is 35.5. The third kappa shape index (κ3) is 3.46. The molecular weight excluding hydrogens is 268 g/mol. The van der Waals surface area contributed by atoms with Crippen molar-refractivity contribution in [2.45, 2.75) is 19.4 Å². The normalized spacial score (nSPS) is 17.9. The Morgan fingerprint density at radius 1 is 1.44 bits per heavy atom. The molecule has 0 atom stereocenters. The molecule has 1 aliphatic rings. The van der Waals surface area contributed by atoms with Crippen LogP contribution in [0.1, 0.15) is 17.7 Å². The number of carbonyl (C=O) groups excluding carboxylic acids is 1. The number of amides is 1. The molecule has 0 N–H and O–H groups in total. The fourth-order valence-electron chi connectivity index (χ4n) is 2.36. The first-order chi connectivity index (χ1) is 8.56. The van der Waals surface area contributed by atoms with Crippen LogP contribution in [0.5, 0.6) is 0 Å². The van der Waals surface area contributed by atoms with Crippen molar-refractivity contribution in [2.24, 2.45) is 5.92 Å². The number of hydrogen-bond acceptors (Lipinski definition) is 3. The van der Waals surface area contributed by atoms with Crippen LogP contribution in [0.4, 0.5) is 0 Å². The number of likely N-dealkylation sites (tertiary alicyclic amines) is 1. The summed E-state index contributed by atoms with van der Waals surface area (Å²) in [5.41, 5.74) is 0. The number of halogens is 1. The Morgan fingerprint density at radius 3 is 2.61 bits per heavy atom. The summed E-state index contributed by atoms with van der Waals surface area (Å²) in [5.74, 6) is 0.483. The van der Waals surface area contributed by atoms with Gasteiger partial charge in [-0.25, -0.2) is 0 Å². The maximum atomic E-state index is 11.9. The lowest BCUT2D eigenvalue weighted by Gasteiger charge is -2.32. The van der Waals surface area contributed by atoms with Crippen LogP contribution in [0.25, 0.3) is 0 Å². The quantitative estimate of drug-likeness (QED) is 0.853. The number of piperidine rings is 1. The summed E-state index contributed by atoms with van der Waals surface area (Å²) in [7, 11) is 3.67. The van der Waals surface area contributed by atoms with Crippen molar-refractivity contribution in [2.75, 3.05) is 27.2 Å². The van der Waals surface area contributed by atoms with Crippen LogP contribution in [-0.4, -0.2) is 42.9 Å². The van der Waals surface area contributed by atoms with Gasteiger partial charge in [-0.1, -0.05) is 11.6 Å². The number of nitrogens with zero attached hydrogens (tertiary/aromatic N) is 2. The van der Waals surface area contributed by atoms with Crippen LogP contribution in [0, 0.1) is 5.92 Å². The summed E-state index contributed by atoms with van der Waals surface area (Å²) in [6.45, 7) is 2.96. The third-order valence-electron chi connectivity index (χ3n) is 3.39. The van der Waals surface area contributed by atoms with E-state index in [9.17, 15) is 4.79 Å². The van der Waals surface area contributed by atoms with E-state index in [4.69, 9.17) is 11.6 Å². The van der Waals surface area contributed by atoms with Gasteiger partial charge in [0.25, 0.3) is 0 Å². The molecule has 100 valence electrons. The van der Waals surface area contributed by atoms with E-state index in [0.717, 1.165) is 36.8 Å². The van der Waals surface area contributed by atoms with Gasteiger partial charge in [-0.3, -0.25) is 9.69 Å². The highest BCUT2D eigenvalue weighted by Crippen LogP contribution is 2.25. The molecule has 1 aromatic heterocycles. The fourth-order valence-corrected chi connectivity index (χ4v) is 3.49. The molecule has 0 aromatic carbocycles. The average Bonchev–Trinajstić information content (AvgIpc) is 2.75. The summed E-state index contributed by atoms with van der Waals surface area (Å²) < 4.78 is 0.850. The molecule has 1 aliphatic heterocycles. The largest absolute Gasteiger partial charge is 0.349 e. The van der Waals surface area contributed by atoms with Crippen LogP contribution >= 0.6 is 22.9 Å². The van der Waals surface area contributed by atoms with E-state index in [2.05, 4.69) is 11.0 Å². The molecule has 1 aromatic rings. The molecule has 0 bridgehead atoms. The standard InChI is InChI=1S/C13H19ClN2OS/c1-15(2)13(17)10-5-7-16(8-6-10)9-11-3-4-12(14)18-11/h3-4,10H,5-9H2,1-2H3. The zero-order valence-electron chi connectivity index (χ0n) is 10.9. The Morgan fingerprint density at radius 2 is 2.11 bits per heavy atom. The second kappa shape index (κ2) is 6.04. The molecule has 18 heavy (non-hydrogen) atoms. The van der Waals surface area contributed by atoms with Gasteiger partial charge in [-0.2, -0.15) is 0 Å². The van der Waals surface area contributed by atoms with E-state index >= 15 is 0 Å². The summed E-state index contributed by atoms with van der Waals surface area (Å²) >= 11 is 7.57. The van der Waals surface area contributed by atoms with Crippen molar-refractivity contribution in [3.63, 3.8) is 0 Å². The van der Waals surface area contributed by atoms with E-state index in [-0.39, 0.29) is 11.8 Å². The Bertz CT molecular complexity index is 411. The van der Waals surface area contributed by atoms with Gasteiger partial charge in [-0.05, 0) is 38.1 Å². The van der Waals surface area contributed by atoms with E-state index < -0.39 is 0 Å². The maximum Gasteiger partial charge on any atom is 0.225 e. The molecule has 1 fully saturated rings. The molecule has 0 spiro atoms. The summed E-state index contributed by atoms with van der Waals surface area (Å²) in [4.78, 5) is 17.3. The molecule has 1 amide bonds. The van der Waals surface area contributed by atoms with Crippen molar-refractivity contribution < 1.29 is 4.79 Å². The Hall–Kier alpha value is -0.580. The van der Waals surface area contributed by atoms with Crippen molar-refractivity contribution in [1.82, 2.24) is 9.80 Å². The SMILES string of the molecule is CN(C)C(=O)C1CCN(Cc2ccc(Cl)s2)CC1. The minimum atomic E-state index is 0.211. The van der Waals surface area contributed by atoms with Gasteiger partial charge in [0, 0.05) is 31.4 Å². The minimum absolute atomic E-state index is 0.211. The average molecular weight is 287 g/mol. The Labute approximate surface area is 117 Å². The zero-order chi connectivity index (χ0) is 13.1. The number of thiophene rings is 1. The van der Waals surface area contributed by atoms with E-state index in [1.807, 2.05) is 20.2 Å². The molecule has 0 aliphatic carbocycles. The molecule has 3 nitrogen and oxygen atoms in total. The smallest absolute Gasteiger partial charge is 0.225 e. The van der Waals surface area contributed by atoms with Crippen LogP contribution in [0.3, 0.4) is 0 Å². The molecule has 0 radical (unpaired) electrons. The maximum absolute atomic E-state index is 11.9. The van der Waals surface area contributed by atoms with Gasteiger partial charge in [0.1, 0.15) is 0 Å². The molecule has 5 heteroatoms. The molecule has 1 saturated heterocycles. The summed E-state index contributed by atoms with van der Waals surface area (Å²) in [6.07, 6.45) is 1.94.